The minimum atomic E-state index is -0.251. The zero-order chi connectivity index (χ0) is 17.6. The molecule has 2 aromatic rings. The molecule has 2 aromatic heterocycles. The fraction of sp³-hybridized carbons (Fsp3) is 0.529. The molecular weight excluding hydrogens is 320 g/mol. The SMILES string of the molecule is CC(=O)N1CCN(C)C(C(=O)N2CC(c3[nH]nc4ncccc34)C2)C1. The van der Waals surface area contributed by atoms with Crippen molar-refractivity contribution in [3.8, 4) is 0 Å². The van der Waals surface area contributed by atoms with Gasteiger partial charge in [-0.1, -0.05) is 0 Å². The molecule has 4 rings (SSSR count). The Hall–Kier alpha value is -2.48. The summed E-state index contributed by atoms with van der Waals surface area (Å²) in [5.41, 5.74) is 1.76. The molecule has 132 valence electrons. The highest BCUT2D eigenvalue weighted by molar-refractivity contribution is 5.85. The van der Waals surface area contributed by atoms with Gasteiger partial charge in [0.2, 0.25) is 11.8 Å². The number of nitrogens with zero attached hydrogens (tertiary/aromatic N) is 5. The number of nitrogens with one attached hydrogen (secondary N) is 1. The van der Waals surface area contributed by atoms with Crippen LogP contribution < -0.4 is 0 Å². The Bertz CT molecular complexity index is 812. The minimum absolute atomic E-state index is 0.0313. The first-order valence-corrected chi connectivity index (χ1v) is 8.58. The van der Waals surface area contributed by atoms with Gasteiger partial charge in [-0.15, -0.1) is 0 Å². The predicted molar refractivity (Wildman–Crippen MR) is 91.9 cm³/mol. The second-order valence-corrected chi connectivity index (χ2v) is 6.91. The van der Waals surface area contributed by atoms with E-state index < -0.39 is 0 Å². The standard InChI is InChI=1S/C17H22N6O2/c1-11(24)22-7-6-21(2)14(10-22)17(25)23-8-12(9-23)15-13-4-3-5-18-16(13)20-19-15/h3-5,12,14H,6-10H2,1-2H3,(H,18,19,20). The lowest BCUT2D eigenvalue weighted by molar-refractivity contribution is -0.145. The zero-order valence-corrected chi connectivity index (χ0v) is 14.5. The van der Waals surface area contributed by atoms with Crippen LogP contribution in [0.1, 0.15) is 18.5 Å². The molecule has 2 aliphatic rings. The highest BCUT2D eigenvalue weighted by Gasteiger charge is 2.40. The summed E-state index contributed by atoms with van der Waals surface area (Å²) >= 11 is 0. The van der Waals surface area contributed by atoms with Crippen LogP contribution in [0.15, 0.2) is 18.3 Å². The molecule has 4 heterocycles. The van der Waals surface area contributed by atoms with Crippen molar-refractivity contribution in [3.05, 3.63) is 24.0 Å². The maximum absolute atomic E-state index is 12.8. The molecule has 1 N–H and O–H groups in total. The summed E-state index contributed by atoms with van der Waals surface area (Å²) in [6, 6.07) is 3.65. The van der Waals surface area contributed by atoms with Crippen molar-refractivity contribution in [2.24, 2.45) is 0 Å². The number of likely N-dealkylation sites (tertiary alicyclic amines) is 1. The number of carbonyl (C=O) groups is 2. The van der Waals surface area contributed by atoms with Crippen molar-refractivity contribution >= 4 is 22.8 Å². The molecule has 2 fully saturated rings. The fourth-order valence-corrected chi connectivity index (χ4v) is 3.66. The van der Waals surface area contributed by atoms with E-state index in [1.54, 1.807) is 18.0 Å². The highest BCUT2D eigenvalue weighted by atomic mass is 16.2. The van der Waals surface area contributed by atoms with Crippen LogP contribution in [-0.2, 0) is 9.59 Å². The van der Waals surface area contributed by atoms with Gasteiger partial charge in [0.1, 0.15) is 6.04 Å². The van der Waals surface area contributed by atoms with Crippen LogP contribution in [0.5, 0.6) is 0 Å². The normalized spacial score (nSPS) is 22.2. The Labute approximate surface area is 145 Å². The number of rotatable bonds is 2. The monoisotopic (exact) mass is 342 g/mol. The molecule has 1 unspecified atom stereocenters. The van der Waals surface area contributed by atoms with Gasteiger partial charge in [-0.05, 0) is 19.2 Å². The first-order valence-electron chi connectivity index (χ1n) is 8.58. The molecule has 2 saturated heterocycles. The number of H-pyrrole nitrogens is 1. The van der Waals surface area contributed by atoms with Crippen LogP contribution in [0.25, 0.3) is 11.0 Å². The predicted octanol–water partition coefficient (Wildman–Crippen LogP) is 0.0462. The molecule has 8 nitrogen and oxygen atoms in total. The average molecular weight is 342 g/mol. The summed E-state index contributed by atoms with van der Waals surface area (Å²) in [5, 5.41) is 8.33. The number of amides is 2. The summed E-state index contributed by atoms with van der Waals surface area (Å²) < 4.78 is 0. The first-order chi connectivity index (χ1) is 12.0. The topological polar surface area (TPSA) is 85.4 Å². The molecule has 0 saturated carbocycles. The van der Waals surface area contributed by atoms with E-state index in [4.69, 9.17) is 0 Å². The third-order valence-electron chi connectivity index (χ3n) is 5.34. The van der Waals surface area contributed by atoms with E-state index >= 15 is 0 Å². The third kappa shape index (κ3) is 2.76. The van der Waals surface area contributed by atoms with Gasteiger partial charge < -0.3 is 9.80 Å². The van der Waals surface area contributed by atoms with Crippen molar-refractivity contribution in [1.29, 1.82) is 0 Å². The summed E-state index contributed by atoms with van der Waals surface area (Å²) in [6.07, 6.45) is 1.73. The number of aromatic nitrogens is 3. The van der Waals surface area contributed by atoms with E-state index in [1.807, 2.05) is 29.0 Å². The largest absolute Gasteiger partial charge is 0.340 e. The van der Waals surface area contributed by atoms with Crippen molar-refractivity contribution in [2.45, 2.75) is 18.9 Å². The van der Waals surface area contributed by atoms with E-state index in [0.717, 1.165) is 17.6 Å². The van der Waals surface area contributed by atoms with Crippen LogP contribution in [0.4, 0.5) is 0 Å². The van der Waals surface area contributed by atoms with Gasteiger partial charge in [0.25, 0.3) is 0 Å². The number of piperazine rings is 1. The van der Waals surface area contributed by atoms with Crippen LogP contribution in [0.2, 0.25) is 0 Å². The summed E-state index contributed by atoms with van der Waals surface area (Å²) in [7, 11) is 1.95. The molecule has 0 spiro atoms. The van der Waals surface area contributed by atoms with Crippen molar-refractivity contribution < 1.29 is 9.59 Å². The number of fused-ring (bicyclic) bond motifs is 1. The van der Waals surface area contributed by atoms with Crippen molar-refractivity contribution in [1.82, 2.24) is 29.9 Å². The van der Waals surface area contributed by atoms with E-state index in [1.165, 1.54) is 0 Å². The number of hydrogen-bond donors (Lipinski definition) is 1. The lowest BCUT2D eigenvalue weighted by Crippen LogP contribution is -2.62. The quantitative estimate of drug-likeness (QED) is 0.833. The molecule has 1 atom stereocenters. The maximum atomic E-state index is 12.8. The lowest BCUT2D eigenvalue weighted by atomic mass is 9.93. The molecule has 25 heavy (non-hydrogen) atoms. The summed E-state index contributed by atoms with van der Waals surface area (Å²) in [6.45, 7) is 4.80. The van der Waals surface area contributed by atoms with Gasteiger partial charge in [0.15, 0.2) is 5.65 Å². The lowest BCUT2D eigenvalue weighted by Gasteiger charge is -2.45. The zero-order valence-electron chi connectivity index (χ0n) is 14.5. The van der Waals surface area contributed by atoms with E-state index in [-0.39, 0.29) is 23.8 Å². The third-order valence-corrected chi connectivity index (χ3v) is 5.34. The van der Waals surface area contributed by atoms with Crippen LogP contribution in [-0.4, -0.2) is 87.5 Å². The molecule has 0 aliphatic carbocycles. The Morgan fingerprint density at radius 1 is 1.20 bits per heavy atom. The summed E-state index contributed by atoms with van der Waals surface area (Å²) in [4.78, 5) is 34.4. The number of hydrogen-bond acceptors (Lipinski definition) is 5. The van der Waals surface area contributed by atoms with Gasteiger partial charge in [-0.25, -0.2) is 4.98 Å². The van der Waals surface area contributed by atoms with Gasteiger partial charge >= 0.3 is 0 Å². The Kier molecular flexibility index (Phi) is 3.91. The second-order valence-electron chi connectivity index (χ2n) is 6.91. The Morgan fingerprint density at radius 2 is 2.00 bits per heavy atom. The van der Waals surface area contributed by atoms with Gasteiger partial charge in [-0.2, -0.15) is 5.10 Å². The van der Waals surface area contributed by atoms with Gasteiger partial charge in [0, 0.05) is 57.1 Å². The Balaban J connectivity index is 1.43. The van der Waals surface area contributed by atoms with E-state index in [2.05, 4.69) is 15.2 Å². The van der Waals surface area contributed by atoms with Crippen LogP contribution >= 0.6 is 0 Å². The fourth-order valence-electron chi connectivity index (χ4n) is 3.66. The molecule has 0 bridgehead atoms. The number of aromatic amines is 1. The second kappa shape index (κ2) is 6.11. The molecular formula is C17H22N6O2. The summed E-state index contributed by atoms with van der Waals surface area (Å²) in [5.74, 6) is 0.395. The van der Waals surface area contributed by atoms with Crippen LogP contribution in [0.3, 0.4) is 0 Å². The Morgan fingerprint density at radius 3 is 2.76 bits per heavy atom. The van der Waals surface area contributed by atoms with E-state index in [9.17, 15) is 9.59 Å². The van der Waals surface area contributed by atoms with Crippen molar-refractivity contribution in [2.75, 3.05) is 39.8 Å². The maximum Gasteiger partial charge on any atom is 0.241 e. The molecule has 2 amide bonds. The number of pyridine rings is 1. The average Bonchev–Trinajstić information content (AvgIpc) is 2.97. The van der Waals surface area contributed by atoms with Crippen LogP contribution in [0, 0.1) is 0 Å². The van der Waals surface area contributed by atoms with Crippen molar-refractivity contribution in [3.63, 3.8) is 0 Å². The first kappa shape index (κ1) is 16.0. The molecule has 2 aliphatic heterocycles. The van der Waals surface area contributed by atoms with E-state index in [0.29, 0.717) is 31.8 Å². The minimum Gasteiger partial charge on any atom is -0.340 e. The smallest absolute Gasteiger partial charge is 0.241 e. The molecule has 0 aromatic carbocycles. The van der Waals surface area contributed by atoms with Gasteiger partial charge in [-0.3, -0.25) is 19.6 Å². The molecule has 8 heteroatoms. The number of likely N-dealkylation sites (N-methyl/N-ethyl adjacent to an activating group) is 1. The highest BCUT2D eigenvalue weighted by Crippen LogP contribution is 2.31. The van der Waals surface area contributed by atoms with Gasteiger partial charge in [0.05, 0.1) is 5.69 Å². The number of carbonyl (C=O) groups excluding carboxylic acids is 2. The molecule has 0 radical (unpaired) electrons.